The van der Waals surface area contributed by atoms with Crippen LogP contribution in [0.4, 0.5) is 10.5 Å². The fourth-order valence-corrected chi connectivity index (χ4v) is 3.16. The van der Waals surface area contributed by atoms with Gasteiger partial charge in [0.25, 0.3) is 0 Å². The number of nitrogens with one attached hydrogen (secondary N) is 2. The van der Waals surface area contributed by atoms with Gasteiger partial charge < -0.3 is 20.5 Å². The molecule has 26 heavy (non-hydrogen) atoms. The zero-order valence-corrected chi connectivity index (χ0v) is 14.5. The van der Waals surface area contributed by atoms with E-state index >= 15 is 0 Å². The highest BCUT2D eigenvalue weighted by Crippen LogP contribution is 2.25. The van der Waals surface area contributed by atoms with Crippen molar-refractivity contribution in [2.75, 3.05) is 12.4 Å². The van der Waals surface area contributed by atoms with E-state index in [-0.39, 0.29) is 18.0 Å². The fraction of sp³-hybridized carbons (Fsp3) is 0.389. The van der Waals surface area contributed by atoms with Gasteiger partial charge in [-0.2, -0.15) is 5.10 Å². The molecule has 1 aliphatic rings. The largest absolute Gasteiger partial charge is 0.497 e. The molecule has 1 aromatic carbocycles. The number of anilines is 1. The van der Waals surface area contributed by atoms with E-state index in [1.807, 2.05) is 12.1 Å². The Balaban J connectivity index is 1.62. The second kappa shape index (κ2) is 7.90. The van der Waals surface area contributed by atoms with Crippen molar-refractivity contribution in [3.8, 4) is 11.4 Å². The number of hydrogen-bond donors (Lipinski definition) is 3. The number of carbonyl (C=O) groups is 2. The van der Waals surface area contributed by atoms with Gasteiger partial charge in [-0.15, -0.1) is 0 Å². The van der Waals surface area contributed by atoms with Crippen LogP contribution in [-0.4, -0.2) is 40.0 Å². The second-order valence-electron chi connectivity index (χ2n) is 6.36. The van der Waals surface area contributed by atoms with E-state index in [1.54, 1.807) is 36.3 Å². The van der Waals surface area contributed by atoms with Crippen molar-refractivity contribution in [3.63, 3.8) is 0 Å². The molecule has 3 rings (SSSR count). The van der Waals surface area contributed by atoms with Crippen molar-refractivity contribution < 1.29 is 19.4 Å². The number of amides is 2. The zero-order chi connectivity index (χ0) is 18.5. The highest BCUT2D eigenvalue weighted by atomic mass is 16.5. The molecule has 8 heteroatoms. The first-order chi connectivity index (χ1) is 12.5. The Labute approximate surface area is 151 Å². The summed E-state index contributed by atoms with van der Waals surface area (Å²) in [6, 6.07) is 6.84. The number of aromatic nitrogens is 2. The maximum Gasteiger partial charge on any atom is 0.319 e. The van der Waals surface area contributed by atoms with Gasteiger partial charge in [0.05, 0.1) is 18.7 Å². The number of methoxy groups -OCH3 is 1. The highest BCUT2D eigenvalue weighted by Gasteiger charge is 2.26. The van der Waals surface area contributed by atoms with Gasteiger partial charge in [0.2, 0.25) is 0 Å². The molecule has 0 spiro atoms. The lowest BCUT2D eigenvalue weighted by molar-refractivity contribution is -0.142. The zero-order valence-electron chi connectivity index (χ0n) is 14.5. The monoisotopic (exact) mass is 358 g/mol. The average molecular weight is 358 g/mol. The molecular formula is C18H22N4O4. The van der Waals surface area contributed by atoms with Crippen LogP contribution in [0.25, 0.3) is 5.69 Å². The van der Waals surface area contributed by atoms with Crippen LogP contribution in [0, 0.1) is 5.92 Å². The number of carboxylic acids is 1. The van der Waals surface area contributed by atoms with Gasteiger partial charge in [0.15, 0.2) is 0 Å². The summed E-state index contributed by atoms with van der Waals surface area (Å²) in [5.41, 5.74) is 1.36. The highest BCUT2D eigenvalue weighted by molar-refractivity contribution is 5.90. The fourth-order valence-electron chi connectivity index (χ4n) is 3.16. The molecule has 3 N–H and O–H groups in total. The molecule has 0 saturated heterocycles. The summed E-state index contributed by atoms with van der Waals surface area (Å²) in [6.07, 6.45) is 5.99. The van der Waals surface area contributed by atoms with Crippen molar-refractivity contribution in [1.29, 1.82) is 0 Å². The van der Waals surface area contributed by atoms with E-state index in [4.69, 9.17) is 9.84 Å². The molecule has 1 aromatic heterocycles. The summed E-state index contributed by atoms with van der Waals surface area (Å²) < 4.78 is 6.97. The summed E-state index contributed by atoms with van der Waals surface area (Å²) in [6.45, 7) is 0. The number of nitrogens with zero attached hydrogens (tertiary/aromatic N) is 2. The maximum atomic E-state index is 12.3. The van der Waals surface area contributed by atoms with E-state index in [0.717, 1.165) is 5.69 Å². The number of urea groups is 1. The lowest BCUT2D eigenvalue weighted by atomic mass is 9.86. The van der Waals surface area contributed by atoms with Crippen LogP contribution >= 0.6 is 0 Å². The molecule has 0 radical (unpaired) electrons. The van der Waals surface area contributed by atoms with Crippen molar-refractivity contribution in [2.24, 2.45) is 5.92 Å². The summed E-state index contributed by atoms with van der Waals surface area (Å²) in [7, 11) is 1.56. The maximum absolute atomic E-state index is 12.3. The van der Waals surface area contributed by atoms with E-state index in [1.165, 1.54) is 0 Å². The first-order valence-electron chi connectivity index (χ1n) is 8.54. The van der Waals surface area contributed by atoms with Gasteiger partial charge in [-0.25, -0.2) is 9.48 Å². The third-order valence-electron chi connectivity index (χ3n) is 4.57. The molecule has 0 aliphatic heterocycles. The molecule has 1 aliphatic carbocycles. The van der Waals surface area contributed by atoms with Crippen molar-refractivity contribution in [2.45, 2.75) is 31.7 Å². The Morgan fingerprint density at radius 2 is 2.00 bits per heavy atom. The number of aliphatic carboxylic acids is 1. The topological polar surface area (TPSA) is 105 Å². The minimum Gasteiger partial charge on any atom is -0.497 e. The normalized spacial score (nSPS) is 19.6. The van der Waals surface area contributed by atoms with Crippen LogP contribution < -0.4 is 15.4 Å². The summed E-state index contributed by atoms with van der Waals surface area (Å²) >= 11 is 0. The summed E-state index contributed by atoms with van der Waals surface area (Å²) in [4.78, 5) is 23.3. The standard InChI is InChI=1S/C18H22N4O4/c1-26-16-10-14(9-15(11-16)22-8-2-7-19-22)21-18(25)20-13-5-3-12(4-6-13)17(23)24/h2,7-13H,3-6H2,1H3,(H,23,24)(H2,20,21,25). The summed E-state index contributed by atoms with van der Waals surface area (Å²) in [5, 5.41) is 18.9. The van der Waals surface area contributed by atoms with Crippen LogP contribution in [0.15, 0.2) is 36.7 Å². The van der Waals surface area contributed by atoms with Crippen LogP contribution in [0.5, 0.6) is 5.75 Å². The number of carboxylic acid groups (broad SMARTS) is 1. The lowest BCUT2D eigenvalue weighted by Gasteiger charge is -2.26. The van der Waals surface area contributed by atoms with Crippen LogP contribution in [0.2, 0.25) is 0 Å². The first-order valence-corrected chi connectivity index (χ1v) is 8.54. The van der Waals surface area contributed by atoms with E-state index in [2.05, 4.69) is 15.7 Å². The molecule has 0 bridgehead atoms. The summed E-state index contributed by atoms with van der Waals surface area (Å²) in [5.74, 6) is -0.447. The van der Waals surface area contributed by atoms with E-state index in [0.29, 0.717) is 37.1 Å². The predicted octanol–water partition coefficient (Wildman–Crippen LogP) is 2.65. The predicted molar refractivity (Wildman–Crippen MR) is 95.7 cm³/mol. The minimum atomic E-state index is -0.754. The van der Waals surface area contributed by atoms with Gasteiger partial charge in [-0.3, -0.25) is 4.79 Å². The Kier molecular flexibility index (Phi) is 5.40. The van der Waals surface area contributed by atoms with Gasteiger partial charge in [-0.05, 0) is 37.8 Å². The van der Waals surface area contributed by atoms with Gasteiger partial charge in [0.1, 0.15) is 5.75 Å². The Bertz CT molecular complexity index is 768. The Morgan fingerprint density at radius 1 is 1.23 bits per heavy atom. The van der Waals surface area contributed by atoms with Crippen LogP contribution in [0.1, 0.15) is 25.7 Å². The SMILES string of the molecule is COc1cc(NC(=O)NC2CCC(C(=O)O)CC2)cc(-n2cccn2)c1. The first kappa shape index (κ1) is 17.8. The molecule has 1 saturated carbocycles. The molecule has 138 valence electrons. The molecule has 1 fully saturated rings. The van der Waals surface area contributed by atoms with E-state index in [9.17, 15) is 9.59 Å². The second-order valence-corrected chi connectivity index (χ2v) is 6.36. The number of rotatable bonds is 5. The van der Waals surface area contributed by atoms with Crippen molar-refractivity contribution in [3.05, 3.63) is 36.7 Å². The Hall–Kier alpha value is -3.03. The molecule has 8 nitrogen and oxygen atoms in total. The molecule has 0 unspecified atom stereocenters. The van der Waals surface area contributed by atoms with Gasteiger partial charge >= 0.3 is 12.0 Å². The van der Waals surface area contributed by atoms with Crippen LogP contribution in [-0.2, 0) is 4.79 Å². The molecule has 2 amide bonds. The lowest BCUT2D eigenvalue weighted by Crippen LogP contribution is -2.41. The molecule has 1 heterocycles. The number of ether oxygens (including phenoxy) is 1. The van der Waals surface area contributed by atoms with Gasteiger partial charge in [-0.1, -0.05) is 0 Å². The molecule has 2 aromatic rings. The third kappa shape index (κ3) is 4.33. The minimum absolute atomic E-state index is 0.0122. The smallest absolute Gasteiger partial charge is 0.319 e. The molecule has 0 atom stereocenters. The van der Waals surface area contributed by atoms with Crippen LogP contribution in [0.3, 0.4) is 0 Å². The Morgan fingerprint density at radius 3 is 2.62 bits per heavy atom. The quantitative estimate of drug-likeness (QED) is 0.762. The van der Waals surface area contributed by atoms with Crippen molar-refractivity contribution in [1.82, 2.24) is 15.1 Å². The van der Waals surface area contributed by atoms with Crippen molar-refractivity contribution >= 4 is 17.7 Å². The van der Waals surface area contributed by atoms with E-state index < -0.39 is 5.97 Å². The van der Waals surface area contributed by atoms with Gasteiger partial charge in [0, 0.05) is 36.3 Å². The molecular weight excluding hydrogens is 336 g/mol. The average Bonchev–Trinajstić information content (AvgIpc) is 3.16. The third-order valence-corrected chi connectivity index (χ3v) is 4.57. The number of benzene rings is 1. The number of hydrogen-bond acceptors (Lipinski definition) is 4. The number of carbonyl (C=O) groups excluding carboxylic acids is 1.